The molecule has 3 aromatic rings. The molecule has 1 aromatic heterocycles. The number of methoxy groups -OCH3 is 1. The molecule has 5 heteroatoms. The van der Waals surface area contributed by atoms with Crippen LogP contribution in [0.5, 0.6) is 5.75 Å². The van der Waals surface area contributed by atoms with Crippen LogP contribution < -0.4 is 9.64 Å². The molecular weight excluding hydrogens is 368 g/mol. The van der Waals surface area contributed by atoms with Gasteiger partial charge in [-0.15, -0.1) is 0 Å². The molecule has 0 radical (unpaired) electrons. The normalized spacial score (nSPS) is 14.2. The summed E-state index contributed by atoms with van der Waals surface area (Å²) in [6, 6.07) is 20.5. The van der Waals surface area contributed by atoms with Gasteiger partial charge in [0.05, 0.1) is 7.11 Å². The maximum Gasteiger partial charge on any atom is 0.162 e. The molecule has 0 amide bonds. The lowest BCUT2D eigenvalue weighted by Crippen LogP contribution is -2.48. The number of thiocarbonyl (C=S) groups is 1. The van der Waals surface area contributed by atoms with Crippen molar-refractivity contribution in [2.24, 2.45) is 0 Å². The summed E-state index contributed by atoms with van der Waals surface area (Å²) in [7, 11) is 1.66. The summed E-state index contributed by atoms with van der Waals surface area (Å²) in [5.41, 5.74) is 3.57. The second kappa shape index (κ2) is 8.07. The number of piperazine rings is 1. The first-order valence-corrected chi connectivity index (χ1v) is 9.90. The largest absolute Gasteiger partial charge is 0.497 e. The van der Waals surface area contributed by atoms with E-state index in [2.05, 4.69) is 41.0 Å². The van der Waals surface area contributed by atoms with Crippen LogP contribution >= 0.6 is 12.2 Å². The predicted molar refractivity (Wildman–Crippen MR) is 117 cm³/mol. The fourth-order valence-corrected chi connectivity index (χ4v) is 3.73. The highest BCUT2D eigenvalue weighted by atomic mass is 32.1. The van der Waals surface area contributed by atoms with Crippen molar-refractivity contribution in [2.45, 2.75) is 6.92 Å². The fraction of sp³-hybridized carbons (Fsp3) is 0.261. The lowest BCUT2D eigenvalue weighted by molar-refractivity contribution is 0.385. The van der Waals surface area contributed by atoms with E-state index in [1.807, 2.05) is 36.4 Å². The summed E-state index contributed by atoms with van der Waals surface area (Å²) in [6.45, 7) is 5.81. The Bertz CT molecular complexity index is 939. The Morgan fingerprint density at radius 3 is 2.21 bits per heavy atom. The number of rotatable bonds is 4. The molecule has 2 aromatic carbocycles. The molecule has 0 unspecified atom stereocenters. The van der Waals surface area contributed by atoms with Crippen molar-refractivity contribution in [3.05, 3.63) is 72.0 Å². The molecule has 1 fully saturated rings. The first-order valence-electron chi connectivity index (χ1n) is 9.49. The van der Waals surface area contributed by atoms with Crippen LogP contribution in [0, 0.1) is 6.92 Å². The van der Waals surface area contributed by atoms with E-state index >= 15 is 0 Å². The van der Waals surface area contributed by atoms with Crippen LogP contribution in [-0.2, 0) is 0 Å². The van der Waals surface area contributed by atoms with Crippen molar-refractivity contribution in [3.63, 3.8) is 0 Å². The van der Waals surface area contributed by atoms with E-state index in [4.69, 9.17) is 21.4 Å². The first-order chi connectivity index (χ1) is 13.6. The third-order valence-electron chi connectivity index (χ3n) is 5.16. The number of hydrogen-bond acceptors (Lipinski definition) is 4. The van der Waals surface area contributed by atoms with Crippen LogP contribution in [0.15, 0.2) is 65.1 Å². The van der Waals surface area contributed by atoms with Crippen LogP contribution in [0.4, 0.5) is 5.69 Å². The minimum atomic E-state index is 0.754. The zero-order chi connectivity index (χ0) is 19.5. The maximum absolute atomic E-state index is 6.05. The number of nitrogens with zero attached hydrogens (tertiary/aromatic N) is 2. The topological polar surface area (TPSA) is 28.9 Å². The molecular formula is C23H24N2O2S. The molecule has 2 heterocycles. The second-order valence-electron chi connectivity index (χ2n) is 7.01. The Labute approximate surface area is 171 Å². The van der Waals surface area contributed by atoms with Gasteiger partial charge in [-0.25, -0.2) is 0 Å². The van der Waals surface area contributed by atoms with E-state index < -0.39 is 0 Å². The summed E-state index contributed by atoms with van der Waals surface area (Å²) in [6.07, 6.45) is 0. The number of furan rings is 1. The van der Waals surface area contributed by atoms with Crippen LogP contribution in [0.2, 0.25) is 0 Å². The van der Waals surface area contributed by atoms with Gasteiger partial charge in [-0.3, -0.25) is 0 Å². The quantitative estimate of drug-likeness (QED) is 0.597. The highest BCUT2D eigenvalue weighted by molar-refractivity contribution is 7.80. The minimum Gasteiger partial charge on any atom is -0.497 e. The van der Waals surface area contributed by atoms with Gasteiger partial charge in [-0.2, -0.15) is 0 Å². The van der Waals surface area contributed by atoms with Crippen LogP contribution in [0.3, 0.4) is 0 Å². The van der Waals surface area contributed by atoms with Crippen LogP contribution in [0.25, 0.3) is 11.3 Å². The van der Waals surface area contributed by atoms with Gasteiger partial charge >= 0.3 is 0 Å². The number of hydrogen-bond donors (Lipinski definition) is 0. The van der Waals surface area contributed by atoms with Gasteiger partial charge in [-0.05, 0) is 55.5 Å². The van der Waals surface area contributed by atoms with Crippen molar-refractivity contribution < 1.29 is 9.15 Å². The van der Waals surface area contributed by atoms with Crippen molar-refractivity contribution >= 4 is 22.9 Å². The van der Waals surface area contributed by atoms with Crippen molar-refractivity contribution in [1.29, 1.82) is 0 Å². The molecule has 144 valence electrons. The van der Waals surface area contributed by atoms with E-state index in [9.17, 15) is 0 Å². The van der Waals surface area contributed by atoms with Crippen molar-refractivity contribution in [2.75, 3.05) is 38.2 Å². The molecule has 1 saturated heterocycles. The van der Waals surface area contributed by atoms with Gasteiger partial charge in [-0.1, -0.05) is 29.9 Å². The van der Waals surface area contributed by atoms with Gasteiger partial charge in [0.2, 0.25) is 0 Å². The summed E-state index contributed by atoms with van der Waals surface area (Å²) in [4.78, 5) is 5.42. The molecule has 0 N–H and O–H groups in total. The van der Waals surface area contributed by atoms with E-state index in [-0.39, 0.29) is 0 Å². The summed E-state index contributed by atoms with van der Waals surface area (Å²) in [5, 5.41) is 0. The first kappa shape index (κ1) is 18.6. The monoisotopic (exact) mass is 392 g/mol. The average molecular weight is 393 g/mol. The van der Waals surface area contributed by atoms with Gasteiger partial charge in [0.25, 0.3) is 0 Å². The Morgan fingerprint density at radius 2 is 1.57 bits per heavy atom. The lowest BCUT2D eigenvalue weighted by atomic mass is 10.2. The van der Waals surface area contributed by atoms with E-state index in [0.717, 1.165) is 54.0 Å². The number of benzene rings is 2. The number of anilines is 1. The van der Waals surface area contributed by atoms with E-state index in [1.54, 1.807) is 7.11 Å². The van der Waals surface area contributed by atoms with E-state index in [0.29, 0.717) is 0 Å². The predicted octanol–water partition coefficient (Wildman–Crippen LogP) is 4.76. The van der Waals surface area contributed by atoms with Gasteiger partial charge in [0, 0.05) is 37.4 Å². The van der Waals surface area contributed by atoms with Gasteiger partial charge < -0.3 is 19.0 Å². The van der Waals surface area contributed by atoms with Gasteiger partial charge in [0.1, 0.15) is 16.5 Å². The molecule has 4 nitrogen and oxygen atoms in total. The number of aryl methyl sites for hydroxylation is 1. The van der Waals surface area contributed by atoms with E-state index in [1.165, 1.54) is 11.3 Å². The number of ether oxygens (including phenoxy) is 1. The molecule has 28 heavy (non-hydrogen) atoms. The molecule has 0 atom stereocenters. The van der Waals surface area contributed by atoms with Crippen molar-refractivity contribution in [1.82, 2.24) is 4.90 Å². The smallest absolute Gasteiger partial charge is 0.162 e. The van der Waals surface area contributed by atoms with Crippen molar-refractivity contribution in [3.8, 4) is 17.1 Å². The summed E-state index contributed by atoms with van der Waals surface area (Å²) >= 11 is 5.71. The SMILES string of the molecule is COc1ccc(-c2ccc(C(=S)N3CCN(c4ccc(C)cc4)CC3)o2)cc1. The second-order valence-corrected chi connectivity index (χ2v) is 7.39. The Hall–Kier alpha value is -2.79. The fourth-order valence-electron chi connectivity index (χ4n) is 3.44. The van der Waals surface area contributed by atoms with Crippen LogP contribution in [-0.4, -0.2) is 43.2 Å². The minimum absolute atomic E-state index is 0.754. The van der Waals surface area contributed by atoms with Crippen LogP contribution in [0.1, 0.15) is 11.3 Å². The third kappa shape index (κ3) is 3.90. The molecule has 1 aliphatic rings. The molecule has 0 aliphatic carbocycles. The molecule has 4 rings (SSSR count). The Morgan fingerprint density at radius 1 is 0.893 bits per heavy atom. The third-order valence-corrected chi connectivity index (χ3v) is 5.62. The standard InChI is InChI=1S/C23H24N2O2S/c1-17-3-7-19(8-4-17)24-13-15-25(16-14-24)23(28)22-12-11-21(27-22)18-5-9-20(26-2)10-6-18/h3-12H,13-16H2,1-2H3. The molecule has 0 bridgehead atoms. The summed E-state index contributed by atoms with van der Waals surface area (Å²) < 4.78 is 11.3. The average Bonchev–Trinajstić information content (AvgIpc) is 3.24. The zero-order valence-corrected chi connectivity index (χ0v) is 17.0. The maximum atomic E-state index is 6.05. The molecule has 0 saturated carbocycles. The Balaban J connectivity index is 1.40. The highest BCUT2D eigenvalue weighted by Gasteiger charge is 2.22. The summed E-state index contributed by atoms with van der Waals surface area (Å²) in [5.74, 6) is 2.40. The lowest BCUT2D eigenvalue weighted by Gasteiger charge is -2.37. The molecule has 1 aliphatic heterocycles. The Kier molecular flexibility index (Phi) is 5.35. The molecule has 0 spiro atoms. The zero-order valence-electron chi connectivity index (χ0n) is 16.2. The highest BCUT2D eigenvalue weighted by Crippen LogP contribution is 2.26. The van der Waals surface area contributed by atoms with Gasteiger partial charge in [0.15, 0.2) is 5.76 Å².